The van der Waals surface area contributed by atoms with Crippen LogP contribution in [0.3, 0.4) is 0 Å². The molecule has 1 fully saturated rings. The first-order chi connectivity index (χ1) is 17.5. The van der Waals surface area contributed by atoms with E-state index < -0.39 is 0 Å². The van der Waals surface area contributed by atoms with Gasteiger partial charge in [0.05, 0.1) is 6.61 Å². The maximum atomic E-state index is 13.4. The summed E-state index contributed by atoms with van der Waals surface area (Å²) in [6.45, 7) is 16.4. The third-order valence-electron chi connectivity index (χ3n) is 7.01. The van der Waals surface area contributed by atoms with E-state index in [4.69, 9.17) is 4.74 Å². The van der Waals surface area contributed by atoms with Crippen LogP contribution in [0.4, 0.5) is 4.79 Å². The van der Waals surface area contributed by atoms with Crippen LogP contribution >= 0.6 is 0 Å². The van der Waals surface area contributed by atoms with E-state index in [1.165, 1.54) is 32.1 Å². The highest BCUT2D eigenvalue weighted by Gasteiger charge is 2.27. The molecular weight excluding hydrogens is 446 g/mol. The molecule has 2 amide bonds. The van der Waals surface area contributed by atoms with E-state index in [1.54, 1.807) is 0 Å². The highest BCUT2D eigenvalue weighted by molar-refractivity contribution is 5.74. The van der Waals surface area contributed by atoms with Gasteiger partial charge in [-0.2, -0.15) is 0 Å². The molecule has 1 N–H and O–H groups in total. The highest BCUT2D eigenvalue weighted by atomic mass is 16.5. The molecule has 0 aliphatic carbocycles. The number of carbonyl (C=O) groups excluding carboxylic acids is 1. The number of rotatable bonds is 16. The Hall–Kier alpha value is -2.01. The van der Waals surface area contributed by atoms with Crippen LogP contribution in [0.15, 0.2) is 36.4 Å². The standard InChI is InChI=1S/C31H53N3O2/c1-6-11-27(12-7-2)13-9-10-21-34(29-18-22-33(20-8-3)23-19-29)31(35)32-24-28-14-16-30(17-15-28)36-25-26(4)5/h9,13-17,26-27,29H,6-8,10-12,18-25H2,1-5H3,(H,32,35)/b13-9-. The molecule has 5 nitrogen and oxygen atoms in total. The summed E-state index contributed by atoms with van der Waals surface area (Å²) in [5.41, 5.74) is 1.10. The van der Waals surface area contributed by atoms with E-state index >= 15 is 0 Å². The van der Waals surface area contributed by atoms with Crippen molar-refractivity contribution in [1.29, 1.82) is 0 Å². The molecule has 0 atom stereocenters. The van der Waals surface area contributed by atoms with E-state index in [1.807, 2.05) is 24.3 Å². The fourth-order valence-corrected chi connectivity index (χ4v) is 5.05. The van der Waals surface area contributed by atoms with Crippen LogP contribution in [0, 0.1) is 11.8 Å². The van der Waals surface area contributed by atoms with E-state index in [0.717, 1.165) is 56.8 Å². The van der Waals surface area contributed by atoms with E-state index in [0.29, 0.717) is 31.0 Å². The molecular formula is C31H53N3O2. The van der Waals surface area contributed by atoms with E-state index in [9.17, 15) is 4.79 Å². The Bertz CT molecular complexity index is 733. The Morgan fingerprint density at radius 2 is 1.75 bits per heavy atom. The number of likely N-dealkylation sites (tertiary alicyclic amines) is 1. The quantitative estimate of drug-likeness (QED) is 0.243. The molecule has 36 heavy (non-hydrogen) atoms. The van der Waals surface area contributed by atoms with Crippen LogP contribution in [0.5, 0.6) is 5.75 Å². The fourth-order valence-electron chi connectivity index (χ4n) is 5.05. The number of hydrogen-bond acceptors (Lipinski definition) is 3. The number of allylic oxidation sites excluding steroid dienone is 1. The van der Waals surface area contributed by atoms with Crippen molar-refractivity contribution in [3.8, 4) is 5.75 Å². The van der Waals surface area contributed by atoms with Gasteiger partial charge in [0.2, 0.25) is 0 Å². The number of benzene rings is 1. The molecule has 2 rings (SSSR count). The third-order valence-corrected chi connectivity index (χ3v) is 7.01. The Balaban J connectivity index is 1.95. The van der Waals surface area contributed by atoms with Crippen molar-refractivity contribution in [3.05, 3.63) is 42.0 Å². The van der Waals surface area contributed by atoms with Gasteiger partial charge in [-0.05, 0) is 74.6 Å². The first kappa shape index (κ1) is 30.2. The minimum atomic E-state index is 0.0659. The van der Waals surface area contributed by atoms with Crippen molar-refractivity contribution >= 4 is 6.03 Å². The number of ether oxygens (including phenoxy) is 1. The van der Waals surface area contributed by atoms with E-state index in [2.05, 4.69) is 61.9 Å². The predicted molar refractivity (Wildman–Crippen MR) is 153 cm³/mol. The van der Waals surface area contributed by atoms with Crippen molar-refractivity contribution in [3.63, 3.8) is 0 Å². The molecule has 1 aliphatic heterocycles. The van der Waals surface area contributed by atoms with Gasteiger partial charge in [-0.3, -0.25) is 0 Å². The minimum Gasteiger partial charge on any atom is -0.493 e. The van der Waals surface area contributed by atoms with Crippen LogP contribution in [0.25, 0.3) is 0 Å². The fraction of sp³-hybridized carbons (Fsp3) is 0.710. The molecule has 1 aromatic rings. The normalized spacial score (nSPS) is 15.2. The van der Waals surface area contributed by atoms with E-state index in [-0.39, 0.29) is 6.03 Å². The van der Waals surface area contributed by atoms with Crippen LogP contribution in [0.2, 0.25) is 0 Å². The van der Waals surface area contributed by atoms with Gasteiger partial charge in [0.1, 0.15) is 5.75 Å². The van der Waals surface area contributed by atoms with Gasteiger partial charge in [-0.15, -0.1) is 0 Å². The number of hydrogen-bond donors (Lipinski definition) is 1. The van der Waals surface area contributed by atoms with Crippen LogP contribution in [0.1, 0.15) is 91.5 Å². The van der Waals surface area contributed by atoms with Gasteiger partial charge in [0.25, 0.3) is 0 Å². The molecule has 0 saturated carbocycles. The minimum absolute atomic E-state index is 0.0659. The summed E-state index contributed by atoms with van der Waals surface area (Å²) in [4.78, 5) is 18.0. The average molecular weight is 500 g/mol. The lowest BCUT2D eigenvalue weighted by Gasteiger charge is -2.38. The Morgan fingerprint density at radius 3 is 2.33 bits per heavy atom. The van der Waals surface area contributed by atoms with Crippen molar-refractivity contribution in [2.45, 2.75) is 98.6 Å². The van der Waals surface area contributed by atoms with Crippen molar-refractivity contribution in [2.24, 2.45) is 11.8 Å². The highest BCUT2D eigenvalue weighted by Crippen LogP contribution is 2.19. The average Bonchev–Trinajstić information content (AvgIpc) is 2.87. The second-order valence-corrected chi connectivity index (χ2v) is 10.8. The summed E-state index contributed by atoms with van der Waals surface area (Å²) >= 11 is 0. The molecule has 0 unspecified atom stereocenters. The molecule has 1 aromatic carbocycles. The summed E-state index contributed by atoms with van der Waals surface area (Å²) < 4.78 is 5.79. The number of nitrogens with one attached hydrogen (secondary N) is 1. The van der Waals surface area contributed by atoms with Crippen molar-refractivity contribution in [1.82, 2.24) is 15.1 Å². The first-order valence-corrected chi connectivity index (χ1v) is 14.6. The molecule has 1 aliphatic rings. The summed E-state index contributed by atoms with van der Waals surface area (Å²) in [5, 5.41) is 3.20. The van der Waals surface area contributed by atoms with Crippen molar-refractivity contribution < 1.29 is 9.53 Å². The second kappa shape index (κ2) is 17.4. The molecule has 204 valence electrons. The molecule has 0 aromatic heterocycles. The zero-order valence-electron chi connectivity index (χ0n) is 23.8. The largest absolute Gasteiger partial charge is 0.493 e. The second-order valence-electron chi connectivity index (χ2n) is 10.8. The number of amides is 2. The zero-order valence-corrected chi connectivity index (χ0v) is 23.8. The maximum absolute atomic E-state index is 13.4. The van der Waals surface area contributed by atoms with Gasteiger partial charge < -0.3 is 19.9 Å². The predicted octanol–water partition coefficient (Wildman–Crippen LogP) is 7.27. The Kier molecular flexibility index (Phi) is 14.6. The lowest BCUT2D eigenvalue weighted by molar-refractivity contribution is 0.121. The van der Waals surface area contributed by atoms with Crippen molar-refractivity contribution in [2.75, 3.05) is 32.8 Å². The van der Waals surface area contributed by atoms with Gasteiger partial charge >= 0.3 is 6.03 Å². The smallest absolute Gasteiger partial charge is 0.317 e. The zero-order chi connectivity index (χ0) is 26.2. The lowest BCUT2D eigenvalue weighted by Crippen LogP contribution is -2.51. The first-order valence-electron chi connectivity index (χ1n) is 14.6. The summed E-state index contributed by atoms with van der Waals surface area (Å²) in [7, 11) is 0. The van der Waals surface area contributed by atoms with Gasteiger partial charge in [-0.1, -0.05) is 71.7 Å². The number of piperidine rings is 1. The van der Waals surface area contributed by atoms with Gasteiger partial charge in [0.15, 0.2) is 0 Å². The monoisotopic (exact) mass is 499 g/mol. The number of carbonyl (C=O) groups is 1. The van der Waals surface area contributed by atoms with Crippen LogP contribution in [-0.4, -0.2) is 54.7 Å². The summed E-state index contributed by atoms with van der Waals surface area (Å²) in [6, 6.07) is 8.48. The number of urea groups is 1. The Morgan fingerprint density at radius 1 is 1.08 bits per heavy atom. The van der Waals surface area contributed by atoms with Crippen LogP contribution in [-0.2, 0) is 6.54 Å². The molecule has 1 saturated heterocycles. The Labute approximate surface area is 221 Å². The SMILES string of the molecule is CCCC(/C=C\CCN(C(=O)NCc1ccc(OCC(C)C)cc1)C1CCN(CCC)CC1)CCC. The van der Waals surface area contributed by atoms with Gasteiger partial charge in [0, 0.05) is 32.2 Å². The molecule has 0 radical (unpaired) electrons. The molecule has 0 spiro atoms. The lowest BCUT2D eigenvalue weighted by atomic mass is 9.97. The van der Waals surface area contributed by atoms with Crippen LogP contribution < -0.4 is 10.1 Å². The number of nitrogens with zero attached hydrogens (tertiary/aromatic N) is 2. The molecule has 5 heteroatoms. The van der Waals surface area contributed by atoms with Gasteiger partial charge in [-0.25, -0.2) is 4.79 Å². The topological polar surface area (TPSA) is 44.8 Å². The third kappa shape index (κ3) is 11.4. The summed E-state index contributed by atoms with van der Waals surface area (Å²) in [6.07, 6.45) is 13.9. The maximum Gasteiger partial charge on any atom is 0.317 e. The molecule has 1 heterocycles. The molecule has 0 bridgehead atoms. The summed E-state index contributed by atoms with van der Waals surface area (Å²) in [5.74, 6) is 2.06.